The summed E-state index contributed by atoms with van der Waals surface area (Å²) in [4.78, 5) is 0. The summed E-state index contributed by atoms with van der Waals surface area (Å²) in [7, 11) is 0. The molecule has 1 nitrogen and oxygen atoms in total. The van der Waals surface area contributed by atoms with Gasteiger partial charge in [-0.2, -0.15) is 0 Å². The molecule has 0 aliphatic heterocycles. The molecule has 0 radical (unpaired) electrons. The molecule has 0 atom stereocenters. The molecule has 0 aliphatic rings. The number of rotatable bonds is 0. The van der Waals surface area contributed by atoms with Crippen LogP contribution in [0.25, 0.3) is 10.8 Å². The second kappa shape index (κ2) is 3.27. The standard InChI is InChI=1S/C14H16O/c1-14(2,3)11-7-8-12-10(9-11)5-4-6-13(12)15/h4-9,15H,1-3H3. The van der Waals surface area contributed by atoms with E-state index in [1.165, 1.54) is 5.56 Å². The van der Waals surface area contributed by atoms with Gasteiger partial charge in [-0.1, -0.05) is 51.1 Å². The van der Waals surface area contributed by atoms with E-state index in [1.807, 2.05) is 18.2 Å². The minimum atomic E-state index is 0.152. The van der Waals surface area contributed by atoms with Crippen molar-refractivity contribution in [3.05, 3.63) is 42.0 Å². The van der Waals surface area contributed by atoms with Crippen LogP contribution in [-0.4, -0.2) is 5.11 Å². The van der Waals surface area contributed by atoms with E-state index in [0.717, 1.165) is 10.8 Å². The third-order valence-electron chi connectivity index (χ3n) is 2.72. The van der Waals surface area contributed by atoms with Gasteiger partial charge >= 0.3 is 0 Å². The molecule has 2 rings (SSSR count). The van der Waals surface area contributed by atoms with E-state index in [4.69, 9.17) is 0 Å². The number of hydrogen-bond donors (Lipinski definition) is 1. The molecule has 1 N–H and O–H groups in total. The van der Waals surface area contributed by atoms with Crippen LogP contribution in [0.5, 0.6) is 5.75 Å². The Morgan fingerprint density at radius 3 is 2.40 bits per heavy atom. The first-order valence-electron chi connectivity index (χ1n) is 5.21. The van der Waals surface area contributed by atoms with Crippen molar-refractivity contribution in [3.8, 4) is 5.75 Å². The molecule has 2 aromatic carbocycles. The Bertz CT molecular complexity index is 492. The van der Waals surface area contributed by atoms with Crippen molar-refractivity contribution in [2.24, 2.45) is 0 Å². The maximum Gasteiger partial charge on any atom is 0.123 e. The van der Waals surface area contributed by atoms with Gasteiger partial charge in [0.1, 0.15) is 5.75 Å². The number of benzene rings is 2. The highest BCUT2D eigenvalue weighted by molar-refractivity contribution is 5.88. The molecular formula is C14H16O. The van der Waals surface area contributed by atoms with E-state index in [0.29, 0.717) is 5.75 Å². The molecule has 0 saturated heterocycles. The molecule has 0 spiro atoms. The zero-order chi connectivity index (χ0) is 11.1. The van der Waals surface area contributed by atoms with Crippen molar-refractivity contribution >= 4 is 10.8 Å². The average molecular weight is 200 g/mol. The van der Waals surface area contributed by atoms with Gasteiger partial charge in [0.05, 0.1) is 0 Å². The number of phenolic OH excluding ortho intramolecular Hbond substituents is 1. The fourth-order valence-corrected chi connectivity index (χ4v) is 1.73. The van der Waals surface area contributed by atoms with E-state index in [9.17, 15) is 5.11 Å². The zero-order valence-electron chi connectivity index (χ0n) is 9.41. The number of aromatic hydroxyl groups is 1. The number of phenols is 1. The van der Waals surface area contributed by atoms with Gasteiger partial charge in [0.25, 0.3) is 0 Å². The van der Waals surface area contributed by atoms with Gasteiger partial charge < -0.3 is 5.11 Å². The predicted octanol–water partition coefficient (Wildman–Crippen LogP) is 3.84. The van der Waals surface area contributed by atoms with Gasteiger partial charge in [0.2, 0.25) is 0 Å². The van der Waals surface area contributed by atoms with Crippen molar-refractivity contribution in [2.75, 3.05) is 0 Å². The summed E-state index contributed by atoms with van der Waals surface area (Å²) in [5.41, 5.74) is 1.44. The molecule has 2 aromatic rings. The Labute approximate surface area is 90.4 Å². The lowest BCUT2D eigenvalue weighted by Crippen LogP contribution is -2.10. The second-order valence-corrected chi connectivity index (χ2v) is 4.96. The van der Waals surface area contributed by atoms with Crippen molar-refractivity contribution in [1.29, 1.82) is 0 Å². The van der Waals surface area contributed by atoms with Crippen LogP contribution in [0.4, 0.5) is 0 Å². The van der Waals surface area contributed by atoms with Crippen molar-refractivity contribution in [1.82, 2.24) is 0 Å². The normalized spacial score (nSPS) is 11.9. The minimum Gasteiger partial charge on any atom is -0.507 e. The van der Waals surface area contributed by atoms with Gasteiger partial charge in [0, 0.05) is 5.39 Å². The topological polar surface area (TPSA) is 20.2 Å². The Morgan fingerprint density at radius 2 is 1.73 bits per heavy atom. The third kappa shape index (κ3) is 1.82. The quantitative estimate of drug-likeness (QED) is 0.685. The molecule has 0 bridgehead atoms. The summed E-state index contributed by atoms with van der Waals surface area (Å²) in [5.74, 6) is 0.355. The maximum atomic E-state index is 9.66. The van der Waals surface area contributed by atoms with Gasteiger partial charge in [0.15, 0.2) is 0 Å². The first-order valence-corrected chi connectivity index (χ1v) is 5.21. The molecule has 1 heteroatoms. The third-order valence-corrected chi connectivity index (χ3v) is 2.72. The van der Waals surface area contributed by atoms with Gasteiger partial charge in [-0.25, -0.2) is 0 Å². The Morgan fingerprint density at radius 1 is 1.00 bits per heavy atom. The summed E-state index contributed by atoms with van der Waals surface area (Å²) in [6, 6.07) is 11.9. The molecule has 15 heavy (non-hydrogen) atoms. The monoisotopic (exact) mass is 200 g/mol. The summed E-state index contributed by atoms with van der Waals surface area (Å²) in [6.07, 6.45) is 0. The van der Waals surface area contributed by atoms with E-state index >= 15 is 0 Å². The number of fused-ring (bicyclic) bond motifs is 1. The molecule has 0 unspecified atom stereocenters. The molecule has 0 aromatic heterocycles. The van der Waals surface area contributed by atoms with Crippen LogP contribution in [0.1, 0.15) is 26.3 Å². The van der Waals surface area contributed by atoms with E-state index in [1.54, 1.807) is 6.07 Å². The van der Waals surface area contributed by atoms with E-state index in [2.05, 4.69) is 32.9 Å². The van der Waals surface area contributed by atoms with Crippen LogP contribution in [0.3, 0.4) is 0 Å². The van der Waals surface area contributed by atoms with Crippen LogP contribution in [0, 0.1) is 0 Å². The van der Waals surface area contributed by atoms with Crippen LogP contribution in [0.2, 0.25) is 0 Å². The molecule has 0 saturated carbocycles. The summed E-state index contributed by atoms with van der Waals surface area (Å²) in [6.45, 7) is 6.57. The first kappa shape index (κ1) is 10.0. The fraction of sp³-hybridized carbons (Fsp3) is 0.286. The van der Waals surface area contributed by atoms with Gasteiger partial charge in [-0.3, -0.25) is 0 Å². The summed E-state index contributed by atoms with van der Waals surface area (Å²) >= 11 is 0. The molecule has 0 heterocycles. The van der Waals surface area contributed by atoms with Crippen LogP contribution >= 0.6 is 0 Å². The lowest BCUT2D eigenvalue weighted by atomic mass is 9.86. The van der Waals surface area contributed by atoms with Crippen molar-refractivity contribution < 1.29 is 5.11 Å². The van der Waals surface area contributed by atoms with Crippen molar-refractivity contribution in [2.45, 2.75) is 26.2 Å². The first-order chi connectivity index (χ1) is 6.98. The summed E-state index contributed by atoms with van der Waals surface area (Å²) in [5, 5.41) is 11.7. The largest absolute Gasteiger partial charge is 0.507 e. The van der Waals surface area contributed by atoms with Crippen LogP contribution in [0.15, 0.2) is 36.4 Å². The Kier molecular flexibility index (Phi) is 2.18. The molecular weight excluding hydrogens is 184 g/mol. The van der Waals surface area contributed by atoms with Crippen molar-refractivity contribution in [3.63, 3.8) is 0 Å². The van der Waals surface area contributed by atoms with E-state index in [-0.39, 0.29) is 5.41 Å². The Hall–Kier alpha value is -1.50. The van der Waals surface area contributed by atoms with Crippen LogP contribution in [-0.2, 0) is 5.41 Å². The van der Waals surface area contributed by atoms with E-state index < -0.39 is 0 Å². The second-order valence-electron chi connectivity index (χ2n) is 4.96. The summed E-state index contributed by atoms with van der Waals surface area (Å²) < 4.78 is 0. The zero-order valence-corrected chi connectivity index (χ0v) is 9.41. The molecule has 0 fully saturated rings. The smallest absolute Gasteiger partial charge is 0.123 e. The molecule has 0 amide bonds. The van der Waals surface area contributed by atoms with Gasteiger partial charge in [-0.05, 0) is 22.4 Å². The lowest BCUT2D eigenvalue weighted by Gasteiger charge is -2.19. The highest BCUT2D eigenvalue weighted by Crippen LogP contribution is 2.29. The number of hydrogen-bond acceptors (Lipinski definition) is 1. The van der Waals surface area contributed by atoms with Gasteiger partial charge in [-0.15, -0.1) is 0 Å². The predicted molar refractivity (Wildman–Crippen MR) is 64.3 cm³/mol. The fourth-order valence-electron chi connectivity index (χ4n) is 1.73. The average Bonchev–Trinajstić information content (AvgIpc) is 2.16. The molecule has 78 valence electrons. The lowest BCUT2D eigenvalue weighted by molar-refractivity contribution is 0.481. The highest BCUT2D eigenvalue weighted by atomic mass is 16.3. The maximum absolute atomic E-state index is 9.66. The highest BCUT2D eigenvalue weighted by Gasteiger charge is 2.13. The minimum absolute atomic E-state index is 0.152. The van der Waals surface area contributed by atoms with Crippen LogP contribution < -0.4 is 0 Å². The molecule has 0 aliphatic carbocycles. The Balaban J connectivity index is 2.68. The SMILES string of the molecule is CC(C)(C)c1ccc2c(O)cccc2c1.